The summed E-state index contributed by atoms with van der Waals surface area (Å²) < 4.78 is 2.58. The van der Waals surface area contributed by atoms with Crippen LogP contribution in [-0.4, -0.2) is 9.97 Å². The van der Waals surface area contributed by atoms with Gasteiger partial charge in [-0.1, -0.05) is 60.7 Å². The molecule has 9 aromatic rings. The molecule has 0 unspecified atom stereocenters. The van der Waals surface area contributed by atoms with Crippen LogP contribution in [0.15, 0.2) is 134 Å². The van der Waals surface area contributed by atoms with Crippen molar-refractivity contribution in [1.82, 2.24) is 9.97 Å². The summed E-state index contributed by atoms with van der Waals surface area (Å²) in [5, 5.41) is 10.3. The van der Waals surface area contributed by atoms with Crippen LogP contribution in [0.2, 0.25) is 0 Å². The van der Waals surface area contributed by atoms with Gasteiger partial charge in [-0.25, -0.2) is 0 Å². The van der Waals surface area contributed by atoms with E-state index < -0.39 is 0 Å². The van der Waals surface area contributed by atoms with Crippen molar-refractivity contribution in [2.24, 2.45) is 0 Å². The summed E-state index contributed by atoms with van der Waals surface area (Å²) in [5.74, 6) is 0. The summed E-state index contributed by atoms with van der Waals surface area (Å²) in [5.41, 5.74) is 3.08. The van der Waals surface area contributed by atoms with Gasteiger partial charge in [0.05, 0.1) is 4.70 Å². The summed E-state index contributed by atoms with van der Waals surface area (Å²) >= 11 is 3.56. The molecule has 9 rings (SSSR count). The van der Waals surface area contributed by atoms with Crippen LogP contribution in [0, 0.1) is 12.1 Å². The van der Waals surface area contributed by atoms with E-state index in [0.717, 1.165) is 26.7 Å². The maximum atomic E-state index is 4.94. The Bertz CT molecular complexity index is 2310. The fourth-order valence-electron chi connectivity index (χ4n) is 5.56. The normalized spacial score (nSPS) is 11.1. The quantitative estimate of drug-likeness (QED) is 0.129. The maximum absolute atomic E-state index is 4.94. The largest absolute Gasteiger partial charge is 0.305 e. The fraction of sp³-hybridized carbons (Fsp3) is 0. The zero-order valence-electron chi connectivity index (χ0n) is 22.7. The number of aromatic nitrogens is 2. The molecule has 0 spiro atoms. The smallest absolute Gasteiger partial charge is 0.124 e. The molecule has 3 heterocycles. The van der Waals surface area contributed by atoms with E-state index in [1.54, 1.807) is 28.9 Å². The van der Waals surface area contributed by atoms with Crippen LogP contribution in [-0.2, 0) is 20.1 Å². The zero-order valence-corrected chi connectivity index (χ0v) is 26.8. The van der Waals surface area contributed by atoms with E-state index >= 15 is 0 Å². The van der Waals surface area contributed by atoms with Crippen molar-refractivity contribution in [3.05, 3.63) is 146 Å². The molecule has 1 radical (unpaired) electrons. The van der Waals surface area contributed by atoms with E-state index in [-0.39, 0.29) is 20.1 Å². The number of hydrogen-bond donors (Lipinski definition) is 0. The third-order valence-corrected chi connectivity index (χ3v) is 9.78. The Kier molecular flexibility index (Phi) is 7.56. The molecule has 0 saturated heterocycles. The first-order valence-corrected chi connectivity index (χ1v) is 15.4. The van der Waals surface area contributed by atoms with Crippen LogP contribution in [0.5, 0.6) is 0 Å². The number of hydrogen-bond acceptors (Lipinski definition) is 4. The molecule has 0 amide bonds. The Morgan fingerprint density at radius 2 is 1.09 bits per heavy atom. The van der Waals surface area contributed by atoms with E-state index in [9.17, 15) is 0 Å². The van der Waals surface area contributed by atoms with Crippen molar-refractivity contribution >= 4 is 74.6 Å². The van der Waals surface area contributed by atoms with Crippen molar-refractivity contribution in [2.45, 2.75) is 0 Å². The summed E-state index contributed by atoms with van der Waals surface area (Å²) in [6.07, 6.45) is 1.79. The Morgan fingerprint density at radius 3 is 1.70 bits per heavy atom. The number of pyridine rings is 1. The van der Waals surface area contributed by atoms with Crippen LogP contribution < -0.4 is 0 Å². The topological polar surface area (TPSA) is 25.8 Å². The van der Waals surface area contributed by atoms with E-state index in [1.807, 2.05) is 60.7 Å². The number of fused-ring (bicyclic) bond motifs is 9. The number of thiazole rings is 1. The molecule has 0 bridgehead atoms. The molecule has 0 aliphatic rings. The van der Waals surface area contributed by atoms with E-state index in [2.05, 4.69) is 83.8 Å². The van der Waals surface area contributed by atoms with Crippen molar-refractivity contribution in [3.8, 4) is 21.8 Å². The van der Waals surface area contributed by atoms with Crippen molar-refractivity contribution in [2.75, 3.05) is 0 Å². The average Bonchev–Trinajstić information content (AvgIpc) is 3.64. The zero-order chi connectivity index (χ0) is 27.9. The third kappa shape index (κ3) is 5.05. The van der Waals surface area contributed by atoms with Gasteiger partial charge < -0.3 is 4.98 Å². The van der Waals surface area contributed by atoms with Crippen molar-refractivity contribution < 1.29 is 20.1 Å². The first-order valence-electron chi connectivity index (χ1n) is 13.7. The maximum Gasteiger partial charge on any atom is 0.124 e. The van der Waals surface area contributed by atoms with E-state index in [1.165, 1.54) is 47.1 Å². The number of benzene rings is 6. The summed E-state index contributed by atoms with van der Waals surface area (Å²) in [6.45, 7) is 0. The molecular formula is C38H22IrN2S2-2. The molecule has 5 heteroatoms. The van der Waals surface area contributed by atoms with Crippen molar-refractivity contribution in [3.63, 3.8) is 0 Å². The van der Waals surface area contributed by atoms with Crippen LogP contribution in [0.3, 0.4) is 0 Å². The van der Waals surface area contributed by atoms with Crippen LogP contribution in [0.1, 0.15) is 0 Å². The van der Waals surface area contributed by atoms with Gasteiger partial charge in [0.15, 0.2) is 0 Å². The molecule has 3 aromatic heterocycles. The molecule has 0 saturated carbocycles. The molecule has 43 heavy (non-hydrogen) atoms. The van der Waals surface area contributed by atoms with Gasteiger partial charge in [0, 0.05) is 41.4 Å². The van der Waals surface area contributed by atoms with Gasteiger partial charge in [0.25, 0.3) is 0 Å². The second-order valence-electron chi connectivity index (χ2n) is 10.0. The van der Waals surface area contributed by atoms with Gasteiger partial charge in [-0.2, -0.15) is 11.3 Å². The van der Waals surface area contributed by atoms with Gasteiger partial charge in [0.2, 0.25) is 0 Å². The third-order valence-electron chi connectivity index (χ3n) is 7.48. The van der Waals surface area contributed by atoms with Gasteiger partial charge in [-0.05, 0) is 56.2 Å². The number of rotatable bonds is 2. The summed E-state index contributed by atoms with van der Waals surface area (Å²) in [7, 11) is 0. The average molecular weight is 763 g/mol. The number of nitrogens with zero attached hydrogens (tertiary/aromatic N) is 2. The van der Waals surface area contributed by atoms with Gasteiger partial charge >= 0.3 is 0 Å². The second-order valence-corrected chi connectivity index (χ2v) is 12.0. The second kappa shape index (κ2) is 11.8. The summed E-state index contributed by atoms with van der Waals surface area (Å²) in [4.78, 5) is 10.3. The molecule has 0 aliphatic carbocycles. The minimum atomic E-state index is 0. The first-order chi connectivity index (χ1) is 20.8. The molecule has 0 fully saturated rings. The SMILES string of the molecule is [Ir].[c-]1ccccc1-c1ccccn1.[c-]1ccccc1-c1nc2sc3cc4c5ccccc5c5ccccc5c4cc3c2s1. The molecule has 2 nitrogen and oxygen atoms in total. The minimum Gasteiger partial charge on any atom is -0.305 e. The molecule has 0 aliphatic heterocycles. The molecule has 0 atom stereocenters. The van der Waals surface area contributed by atoms with Crippen LogP contribution >= 0.6 is 22.7 Å². The molecule has 0 N–H and O–H groups in total. The fourth-order valence-corrected chi connectivity index (χ4v) is 7.91. The predicted molar refractivity (Wildman–Crippen MR) is 180 cm³/mol. The van der Waals surface area contributed by atoms with E-state index in [4.69, 9.17) is 4.98 Å². The van der Waals surface area contributed by atoms with E-state index in [0.29, 0.717) is 0 Å². The Morgan fingerprint density at radius 1 is 0.512 bits per heavy atom. The Labute approximate surface area is 270 Å². The number of thiophene rings is 1. The first kappa shape index (κ1) is 27.6. The van der Waals surface area contributed by atoms with Crippen molar-refractivity contribution in [1.29, 1.82) is 0 Å². The summed E-state index contributed by atoms with van der Waals surface area (Å²) in [6, 6.07) is 50.5. The van der Waals surface area contributed by atoms with Gasteiger partial charge in [-0.15, -0.1) is 83.1 Å². The molecule has 6 aromatic carbocycles. The Balaban J connectivity index is 0.000000195. The van der Waals surface area contributed by atoms with Crippen LogP contribution in [0.4, 0.5) is 0 Å². The standard InChI is InChI=1S/C27H14NS2.C11H8N.Ir/c1-2-8-16(9-3-1)26-28-27-25(30-26)23-14-21-19-12-6-4-10-17(19)18-11-5-7-13-20(18)22(21)15-24(23)29-27;1-2-6-10(7-3-1)11-8-4-5-9-12-11;/h1-8,10-15H;1-6,8-9H;/q2*-1;. The molecular weight excluding hydrogens is 741 g/mol. The monoisotopic (exact) mass is 763 g/mol. The predicted octanol–water partition coefficient (Wildman–Crippen LogP) is 11.0. The van der Waals surface area contributed by atoms with Gasteiger partial charge in [-0.3, -0.25) is 4.98 Å². The van der Waals surface area contributed by atoms with Crippen LogP contribution in [0.25, 0.3) is 73.8 Å². The Hall–Kier alpha value is -4.25. The minimum absolute atomic E-state index is 0. The molecule has 207 valence electrons. The van der Waals surface area contributed by atoms with Gasteiger partial charge in [0.1, 0.15) is 4.83 Å².